The third-order valence-corrected chi connectivity index (χ3v) is 12.5. The van der Waals surface area contributed by atoms with Crippen molar-refractivity contribution in [2.75, 3.05) is 13.2 Å². The lowest BCUT2D eigenvalue weighted by Crippen LogP contribution is -2.64. The van der Waals surface area contributed by atoms with Gasteiger partial charge in [0.2, 0.25) is 0 Å². The molecule has 8 N–H and O–H groups in total. The summed E-state index contributed by atoms with van der Waals surface area (Å²) >= 11 is 0. The first-order valence-corrected chi connectivity index (χ1v) is 27.3. The molecular formula is C47H84O17P2. The Hall–Kier alpha value is -2.08. The van der Waals surface area contributed by atoms with Gasteiger partial charge >= 0.3 is 27.6 Å². The van der Waals surface area contributed by atoms with Crippen LogP contribution in [-0.2, 0) is 41.8 Å². The predicted octanol–water partition coefficient (Wildman–Crippen LogP) is 8.26. The highest BCUT2D eigenvalue weighted by Crippen LogP contribution is 2.49. The van der Waals surface area contributed by atoms with Gasteiger partial charge in [-0.25, -0.2) is 9.13 Å². The molecule has 0 aromatic rings. The van der Waals surface area contributed by atoms with Crippen LogP contribution >= 0.6 is 15.6 Å². The van der Waals surface area contributed by atoms with Gasteiger partial charge in [0.15, 0.2) is 6.10 Å². The first kappa shape index (κ1) is 61.9. The number of aliphatic hydroxyl groups is 5. The van der Waals surface area contributed by atoms with E-state index in [4.69, 9.17) is 18.5 Å². The van der Waals surface area contributed by atoms with Crippen LogP contribution in [0, 0.1) is 0 Å². The van der Waals surface area contributed by atoms with Gasteiger partial charge in [-0.3, -0.25) is 23.2 Å². The fraction of sp³-hybridized carbons (Fsp3) is 0.787. The van der Waals surface area contributed by atoms with Crippen molar-refractivity contribution in [3.05, 3.63) is 48.6 Å². The molecule has 0 bridgehead atoms. The topological polar surface area (TPSA) is 276 Å². The van der Waals surface area contributed by atoms with E-state index in [1.54, 1.807) is 12.2 Å². The van der Waals surface area contributed by atoms with Crippen molar-refractivity contribution in [3.8, 4) is 0 Å². The molecule has 17 nitrogen and oxygen atoms in total. The van der Waals surface area contributed by atoms with Crippen molar-refractivity contribution in [3.63, 3.8) is 0 Å². The Morgan fingerprint density at radius 1 is 0.561 bits per heavy atom. The number of phosphoric acid groups is 2. The predicted molar refractivity (Wildman–Crippen MR) is 252 cm³/mol. The standard InChI is InChI=1S/C47H84O17P2/c1-3-5-7-9-11-13-15-17-18-20-22-24-26-28-30-34-40(49)60-36-39(37-61-66(58,59)64-47-44(53)42(51)43(52)46(45(47)54)63-65(55,56)57)62-41(50)35-31-33-38(48)32-29-27-25-23-21-19-16-14-12-10-8-6-4-2/h17-19,21,25,27,29,32,38-39,42-48,51-54H,3-16,20,22-24,26,28,30-31,33-37H2,1-2H3,(H,58,59)(H2,55,56,57)/b18-17-,21-19+,27-25+,32-29+/t38?,39-,42?,43?,44?,45?,46-,47+/m1/s1. The molecular weight excluding hydrogens is 898 g/mol. The van der Waals surface area contributed by atoms with E-state index in [9.17, 15) is 58.9 Å². The minimum absolute atomic E-state index is 0.0708. The number of hydrogen-bond acceptors (Lipinski definition) is 14. The molecule has 66 heavy (non-hydrogen) atoms. The number of carbonyl (C=O) groups is 2. The summed E-state index contributed by atoms with van der Waals surface area (Å²) in [5, 5.41) is 51.6. The molecule has 9 atom stereocenters. The van der Waals surface area contributed by atoms with Crippen molar-refractivity contribution >= 4 is 27.6 Å². The molecule has 0 spiro atoms. The van der Waals surface area contributed by atoms with Gasteiger partial charge in [-0.2, -0.15) is 0 Å². The molecule has 0 radical (unpaired) electrons. The van der Waals surface area contributed by atoms with Gasteiger partial charge in [-0.1, -0.05) is 146 Å². The fourth-order valence-electron chi connectivity index (χ4n) is 7.15. The quantitative estimate of drug-likeness (QED) is 0.00943. The van der Waals surface area contributed by atoms with Gasteiger partial charge in [-0.05, 0) is 64.2 Å². The third kappa shape index (κ3) is 31.9. The van der Waals surface area contributed by atoms with Gasteiger partial charge in [0.1, 0.15) is 43.2 Å². The summed E-state index contributed by atoms with van der Waals surface area (Å²) < 4.78 is 49.2. The average molecular weight is 983 g/mol. The van der Waals surface area contributed by atoms with Crippen molar-refractivity contribution < 1.29 is 82.0 Å². The third-order valence-electron chi connectivity index (χ3n) is 11.0. The maximum atomic E-state index is 13.0. The van der Waals surface area contributed by atoms with Crippen molar-refractivity contribution in [1.82, 2.24) is 0 Å². The maximum absolute atomic E-state index is 13.0. The zero-order chi connectivity index (χ0) is 49.1. The van der Waals surface area contributed by atoms with Gasteiger partial charge in [0.25, 0.3) is 0 Å². The van der Waals surface area contributed by atoms with Gasteiger partial charge in [0.05, 0.1) is 12.7 Å². The van der Waals surface area contributed by atoms with Crippen LogP contribution < -0.4 is 0 Å². The summed E-state index contributed by atoms with van der Waals surface area (Å²) in [6.07, 6.45) is 23.7. The van der Waals surface area contributed by atoms with Crippen LogP contribution in [0.4, 0.5) is 0 Å². The molecule has 0 aromatic heterocycles. The Labute approximate surface area is 393 Å². The minimum Gasteiger partial charge on any atom is -0.462 e. The first-order chi connectivity index (χ1) is 31.5. The number of aliphatic hydroxyl groups excluding tert-OH is 5. The molecule has 19 heteroatoms. The number of rotatable bonds is 40. The summed E-state index contributed by atoms with van der Waals surface area (Å²) in [5.74, 6) is -1.41. The summed E-state index contributed by atoms with van der Waals surface area (Å²) in [4.78, 5) is 54.3. The zero-order valence-electron chi connectivity index (χ0n) is 39.5. The normalized spacial score (nSPS) is 22.4. The van der Waals surface area contributed by atoms with Crippen LogP contribution in [0.25, 0.3) is 0 Å². The Balaban J connectivity index is 2.68. The average Bonchev–Trinajstić information content (AvgIpc) is 3.26. The van der Waals surface area contributed by atoms with Crippen LogP contribution in [0.1, 0.15) is 174 Å². The van der Waals surface area contributed by atoms with E-state index in [2.05, 4.69) is 42.7 Å². The number of carbonyl (C=O) groups excluding carboxylic acids is 2. The highest BCUT2D eigenvalue weighted by molar-refractivity contribution is 7.47. The number of esters is 2. The molecule has 384 valence electrons. The molecule has 1 aliphatic carbocycles. The van der Waals surface area contributed by atoms with Crippen LogP contribution in [0.2, 0.25) is 0 Å². The van der Waals surface area contributed by atoms with Gasteiger partial charge < -0.3 is 49.7 Å². The smallest absolute Gasteiger partial charge is 0.462 e. The van der Waals surface area contributed by atoms with Crippen LogP contribution in [0.3, 0.4) is 0 Å². The van der Waals surface area contributed by atoms with Crippen LogP contribution in [0.15, 0.2) is 48.6 Å². The first-order valence-electron chi connectivity index (χ1n) is 24.3. The highest BCUT2D eigenvalue weighted by atomic mass is 31.2. The Morgan fingerprint density at radius 2 is 1.06 bits per heavy atom. The van der Waals surface area contributed by atoms with Crippen molar-refractivity contribution in [2.45, 2.75) is 223 Å². The van der Waals surface area contributed by atoms with Crippen LogP contribution in [-0.4, -0.2) is 114 Å². The summed E-state index contributed by atoms with van der Waals surface area (Å²) in [5.41, 5.74) is 0. The summed E-state index contributed by atoms with van der Waals surface area (Å²) in [6.45, 7) is 2.93. The molecule has 1 saturated carbocycles. The second-order valence-electron chi connectivity index (χ2n) is 17.0. The number of allylic oxidation sites excluding steroid dienone is 7. The van der Waals surface area contributed by atoms with Gasteiger partial charge in [-0.15, -0.1) is 0 Å². The van der Waals surface area contributed by atoms with E-state index >= 15 is 0 Å². The molecule has 0 aromatic carbocycles. The lowest BCUT2D eigenvalue weighted by atomic mass is 9.85. The van der Waals surface area contributed by atoms with E-state index in [0.717, 1.165) is 51.4 Å². The zero-order valence-corrected chi connectivity index (χ0v) is 41.3. The van der Waals surface area contributed by atoms with E-state index in [-0.39, 0.29) is 25.7 Å². The van der Waals surface area contributed by atoms with E-state index in [1.807, 2.05) is 12.2 Å². The molecule has 0 saturated heterocycles. The molecule has 0 aliphatic heterocycles. The molecule has 1 aliphatic rings. The molecule has 0 heterocycles. The van der Waals surface area contributed by atoms with Crippen molar-refractivity contribution in [2.24, 2.45) is 0 Å². The highest BCUT2D eigenvalue weighted by Gasteiger charge is 2.54. The second kappa shape index (κ2) is 37.8. The van der Waals surface area contributed by atoms with E-state index in [0.29, 0.717) is 6.42 Å². The molecule has 6 unspecified atom stereocenters. The van der Waals surface area contributed by atoms with Crippen molar-refractivity contribution in [1.29, 1.82) is 0 Å². The minimum atomic E-state index is -5.39. The lowest BCUT2D eigenvalue weighted by molar-refractivity contribution is -0.216. The SMILES string of the molecule is CCCCCCCC/C=C\CCCCCCCC(=O)OC[C@H](COP(=O)(O)O[C@H]1C(O)C(O)C(O)[C@@H](OP(=O)(O)O)C1O)OC(=O)CCCC(O)/C=C/C=C/C/C=C/CCCCCCCC. The maximum Gasteiger partial charge on any atom is 0.472 e. The molecule has 0 amide bonds. The summed E-state index contributed by atoms with van der Waals surface area (Å²) in [6, 6.07) is 0. The number of unbranched alkanes of at least 4 members (excludes halogenated alkanes) is 17. The number of ether oxygens (including phenoxy) is 2. The summed E-state index contributed by atoms with van der Waals surface area (Å²) in [7, 11) is -10.7. The Bertz CT molecular complexity index is 1480. The molecule has 1 fully saturated rings. The van der Waals surface area contributed by atoms with Crippen LogP contribution in [0.5, 0.6) is 0 Å². The Morgan fingerprint density at radius 3 is 1.62 bits per heavy atom. The number of phosphoric ester groups is 2. The lowest BCUT2D eigenvalue weighted by Gasteiger charge is -2.43. The molecule has 1 rings (SSSR count). The second-order valence-corrected chi connectivity index (χ2v) is 19.6. The largest absolute Gasteiger partial charge is 0.472 e. The Kier molecular flexibility index (Phi) is 35.4. The van der Waals surface area contributed by atoms with E-state index in [1.165, 1.54) is 77.0 Å². The van der Waals surface area contributed by atoms with Gasteiger partial charge in [0, 0.05) is 12.8 Å². The van der Waals surface area contributed by atoms with E-state index < -0.39 is 89.6 Å². The fourth-order valence-corrected chi connectivity index (χ4v) is 8.69. The number of hydrogen-bond donors (Lipinski definition) is 8. The monoisotopic (exact) mass is 983 g/mol.